The highest BCUT2D eigenvalue weighted by Gasteiger charge is 2.22. The molecule has 0 atom stereocenters. The Kier molecular flexibility index (Phi) is 5.72. The number of fused-ring (bicyclic) bond motifs is 1. The van der Waals surface area contributed by atoms with E-state index in [9.17, 15) is 0 Å². The summed E-state index contributed by atoms with van der Waals surface area (Å²) in [5.74, 6) is 0. The molecule has 0 bridgehead atoms. The minimum atomic E-state index is 0.627. The molecule has 3 heterocycles. The van der Waals surface area contributed by atoms with Crippen molar-refractivity contribution in [2.75, 3.05) is 0 Å². The van der Waals surface area contributed by atoms with Crippen LogP contribution in [-0.2, 0) is 0 Å². The van der Waals surface area contributed by atoms with Gasteiger partial charge in [0.05, 0.1) is 5.69 Å². The van der Waals surface area contributed by atoms with Crippen molar-refractivity contribution in [1.82, 2.24) is 20.3 Å². The lowest BCUT2D eigenvalue weighted by molar-refractivity contribution is 0.315. The highest BCUT2D eigenvalue weighted by atomic mass is 16.6. The van der Waals surface area contributed by atoms with Gasteiger partial charge in [-0.1, -0.05) is 109 Å². The molecule has 3 aromatic heterocycles. The Morgan fingerprint density at radius 3 is 1.44 bits per heavy atom. The van der Waals surface area contributed by atoms with E-state index in [0.717, 1.165) is 50.3 Å². The zero-order valence-corrected chi connectivity index (χ0v) is 20.9. The summed E-state index contributed by atoms with van der Waals surface area (Å²) >= 11 is 0. The molecule has 0 fully saturated rings. The van der Waals surface area contributed by atoms with Crippen molar-refractivity contribution in [3.63, 3.8) is 0 Å². The molecule has 5 heteroatoms. The fraction of sp³-hybridized carbons (Fsp3) is 0. The summed E-state index contributed by atoms with van der Waals surface area (Å²) in [5.41, 5.74) is 11.2. The quantitative estimate of drug-likeness (QED) is 0.237. The van der Waals surface area contributed by atoms with Crippen LogP contribution in [0.1, 0.15) is 0 Å². The topological polar surface area (TPSA) is 64.7 Å². The molecule has 0 saturated carbocycles. The van der Waals surface area contributed by atoms with Crippen molar-refractivity contribution >= 4 is 11.0 Å². The first-order valence-electron chi connectivity index (χ1n) is 12.7. The highest BCUT2D eigenvalue weighted by molar-refractivity contribution is 6.04. The average molecular weight is 503 g/mol. The van der Waals surface area contributed by atoms with E-state index in [2.05, 4.69) is 88.1 Å². The molecular weight excluding hydrogens is 480 g/mol. The standard InChI is InChI=1S/C34H22N4O/c1-3-7-23(8-4-1)25-11-15-27(16-12-25)30-31(29-19-21-35-22-20-29)36-32(34-33(30)37-39-38-34)28-17-13-26(14-18-28)24-9-5-2-6-10-24/h1-22H. The van der Waals surface area contributed by atoms with Crippen LogP contribution in [0.15, 0.2) is 138 Å². The minimum absolute atomic E-state index is 0.627. The lowest BCUT2D eigenvalue weighted by Gasteiger charge is -2.13. The van der Waals surface area contributed by atoms with E-state index in [-0.39, 0.29) is 0 Å². The fourth-order valence-corrected chi connectivity index (χ4v) is 4.95. The molecule has 7 aromatic rings. The predicted octanol–water partition coefficient (Wildman–Crippen LogP) is 8.35. The van der Waals surface area contributed by atoms with Crippen LogP contribution in [0.3, 0.4) is 0 Å². The zero-order chi connectivity index (χ0) is 26.0. The predicted molar refractivity (Wildman–Crippen MR) is 155 cm³/mol. The van der Waals surface area contributed by atoms with E-state index in [1.807, 2.05) is 48.5 Å². The number of benzene rings is 4. The number of hydrogen-bond donors (Lipinski definition) is 0. The van der Waals surface area contributed by atoms with Crippen LogP contribution in [0, 0.1) is 0 Å². The van der Waals surface area contributed by atoms with Crippen LogP contribution in [0.4, 0.5) is 0 Å². The van der Waals surface area contributed by atoms with Crippen molar-refractivity contribution in [2.24, 2.45) is 0 Å². The van der Waals surface area contributed by atoms with Crippen molar-refractivity contribution in [3.05, 3.63) is 134 Å². The smallest absolute Gasteiger partial charge is 0.162 e. The summed E-state index contributed by atoms with van der Waals surface area (Å²) in [6.07, 6.45) is 3.55. The summed E-state index contributed by atoms with van der Waals surface area (Å²) < 4.78 is 5.31. The van der Waals surface area contributed by atoms with Crippen LogP contribution in [0.2, 0.25) is 0 Å². The maximum absolute atomic E-state index is 5.31. The van der Waals surface area contributed by atoms with Gasteiger partial charge in [0.25, 0.3) is 0 Å². The van der Waals surface area contributed by atoms with Crippen molar-refractivity contribution in [2.45, 2.75) is 0 Å². The third-order valence-electron chi connectivity index (χ3n) is 6.91. The van der Waals surface area contributed by atoms with Gasteiger partial charge in [-0.25, -0.2) is 9.61 Å². The van der Waals surface area contributed by atoms with Gasteiger partial charge in [0.2, 0.25) is 0 Å². The third kappa shape index (κ3) is 4.26. The second kappa shape index (κ2) is 9.80. The van der Waals surface area contributed by atoms with Crippen molar-refractivity contribution in [3.8, 4) is 55.9 Å². The summed E-state index contributed by atoms with van der Waals surface area (Å²) in [7, 11) is 0. The zero-order valence-electron chi connectivity index (χ0n) is 20.9. The first-order valence-corrected chi connectivity index (χ1v) is 12.7. The highest BCUT2D eigenvalue weighted by Crippen LogP contribution is 2.40. The lowest BCUT2D eigenvalue weighted by atomic mass is 9.94. The van der Waals surface area contributed by atoms with Gasteiger partial charge in [0.15, 0.2) is 5.52 Å². The van der Waals surface area contributed by atoms with Crippen molar-refractivity contribution < 1.29 is 4.63 Å². The number of pyridine rings is 2. The molecule has 0 N–H and O–H groups in total. The van der Waals surface area contributed by atoms with Crippen LogP contribution in [0.5, 0.6) is 0 Å². The Labute approximate surface area is 225 Å². The monoisotopic (exact) mass is 502 g/mol. The Balaban J connectivity index is 1.39. The molecule has 4 aromatic carbocycles. The Hall–Kier alpha value is -5.42. The van der Waals surface area contributed by atoms with E-state index in [0.29, 0.717) is 11.0 Å². The molecule has 0 aliphatic rings. The summed E-state index contributed by atoms with van der Waals surface area (Å²) in [6.45, 7) is 0. The molecule has 39 heavy (non-hydrogen) atoms. The molecule has 184 valence electrons. The van der Waals surface area contributed by atoms with Crippen LogP contribution < -0.4 is 0 Å². The summed E-state index contributed by atoms with van der Waals surface area (Å²) in [5, 5.41) is 8.67. The molecule has 0 aliphatic heterocycles. The molecule has 5 nitrogen and oxygen atoms in total. The van der Waals surface area contributed by atoms with Gasteiger partial charge in [-0.15, -0.1) is 0 Å². The van der Waals surface area contributed by atoms with E-state index >= 15 is 0 Å². The fourth-order valence-electron chi connectivity index (χ4n) is 4.95. The minimum Gasteiger partial charge on any atom is -0.265 e. The number of nitrogens with zero attached hydrogens (tertiary/aromatic N) is 4. The van der Waals surface area contributed by atoms with Gasteiger partial charge < -0.3 is 0 Å². The van der Waals surface area contributed by atoms with Gasteiger partial charge in [0.1, 0.15) is 11.2 Å². The second-order valence-corrected chi connectivity index (χ2v) is 9.27. The molecule has 7 rings (SSSR count). The van der Waals surface area contributed by atoms with Gasteiger partial charge in [0, 0.05) is 29.1 Å². The Morgan fingerprint density at radius 2 is 0.846 bits per heavy atom. The first kappa shape index (κ1) is 22.8. The van der Waals surface area contributed by atoms with Gasteiger partial charge in [-0.2, -0.15) is 0 Å². The number of hydrogen-bond acceptors (Lipinski definition) is 5. The average Bonchev–Trinajstić information content (AvgIpc) is 3.52. The van der Waals surface area contributed by atoms with Gasteiger partial charge in [-0.3, -0.25) is 4.98 Å². The summed E-state index contributed by atoms with van der Waals surface area (Å²) in [6, 6.07) is 41.4. The molecule has 0 spiro atoms. The Bertz CT molecular complexity index is 1860. The Morgan fingerprint density at radius 1 is 0.385 bits per heavy atom. The molecule has 0 amide bonds. The lowest BCUT2D eigenvalue weighted by Crippen LogP contribution is -1.96. The molecule has 0 radical (unpaired) electrons. The number of rotatable bonds is 5. The van der Waals surface area contributed by atoms with E-state index in [4.69, 9.17) is 9.61 Å². The molecular formula is C34H22N4O. The molecule has 0 aliphatic carbocycles. The summed E-state index contributed by atoms with van der Waals surface area (Å²) in [4.78, 5) is 9.40. The van der Waals surface area contributed by atoms with E-state index in [1.54, 1.807) is 12.4 Å². The van der Waals surface area contributed by atoms with Crippen LogP contribution in [-0.4, -0.2) is 20.3 Å². The van der Waals surface area contributed by atoms with Gasteiger partial charge in [-0.05, 0) is 50.3 Å². The number of aromatic nitrogens is 4. The third-order valence-corrected chi connectivity index (χ3v) is 6.91. The van der Waals surface area contributed by atoms with Crippen molar-refractivity contribution in [1.29, 1.82) is 0 Å². The van der Waals surface area contributed by atoms with Crippen LogP contribution in [0.25, 0.3) is 66.9 Å². The van der Waals surface area contributed by atoms with Crippen LogP contribution >= 0.6 is 0 Å². The maximum atomic E-state index is 5.31. The van der Waals surface area contributed by atoms with E-state index in [1.165, 1.54) is 5.56 Å². The maximum Gasteiger partial charge on any atom is 0.162 e. The molecule has 0 unspecified atom stereocenters. The first-order chi connectivity index (χ1) is 19.3. The van der Waals surface area contributed by atoms with Gasteiger partial charge >= 0.3 is 0 Å². The van der Waals surface area contributed by atoms with E-state index < -0.39 is 0 Å². The SMILES string of the molecule is c1ccc(-c2ccc(-c3nc(-c4ccncc4)c(-c4ccc(-c5ccccc5)cc4)c4nonc34)cc2)cc1. The normalized spacial score (nSPS) is 11.1. The second-order valence-electron chi connectivity index (χ2n) is 9.27. The largest absolute Gasteiger partial charge is 0.265 e. The molecule has 0 saturated heterocycles.